The number of hydrogen-bond donors (Lipinski definition) is 1. The number of rotatable bonds is 5. The van der Waals surface area contributed by atoms with Gasteiger partial charge in [0.25, 0.3) is 5.91 Å². The van der Waals surface area contributed by atoms with Gasteiger partial charge in [-0.05, 0) is 26.8 Å². The molecule has 0 aliphatic rings. The molecule has 1 aromatic carbocycles. The van der Waals surface area contributed by atoms with Gasteiger partial charge < -0.3 is 14.6 Å². The molecule has 0 aliphatic carbocycles. The first-order valence-corrected chi connectivity index (χ1v) is 7.75. The van der Waals surface area contributed by atoms with Crippen molar-refractivity contribution >= 4 is 17.6 Å². The van der Waals surface area contributed by atoms with E-state index in [1.54, 1.807) is 19.9 Å². The van der Waals surface area contributed by atoms with E-state index < -0.39 is 53.3 Å². The molecule has 2 rings (SSSR count). The van der Waals surface area contributed by atoms with Crippen LogP contribution in [0, 0.1) is 42.9 Å². The lowest BCUT2D eigenvalue weighted by Gasteiger charge is -2.10. The highest BCUT2D eigenvalue weighted by molar-refractivity contribution is 5.96. The minimum absolute atomic E-state index is 0.193. The van der Waals surface area contributed by atoms with Crippen molar-refractivity contribution in [2.45, 2.75) is 27.3 Å². The maximum absolute atomic E-state index is 13.5. The monoisotopic (exact) mass is 390 g/mol. The molecule has 1 aromatic heterocycles. The Labute approximate surface area is 150 Å². The molecule has 0 radical (unpaired) electrons. The molecule has 1 amide bonds. The third kappa shape index (κ3) is 3.79. The zero-order valence-corrected chi connectivity index (χ0v) is 14.6. The molecule has 10 heteroatoms. The van der Waals surface area contributed by atoms with Gasteiger partial charge >= 0.3 is 5.97 Å². The lowest BCUT2D eigenvalue weighted by atomic mass is 10.2. The third-order valence-corrected chi connectivity index (χ3v) is 3.92. The van der Waals surface area contributed by atoms with Crippen LogP contribution in [0.1, 0.15) is 28.7 Å². The van der Waals surface area contributed by atoms with Gasteiger partial charge in [0.2, 0.25) is 5.82 Å². The summed E-state index contributed by atoms with van der Waals surface area (Å²) in [6, 6.07) is 1.54. The number of halogens is 5. The minimum Gasteiger partial charge on any atom is -0.452 e. The number of benzene rings is 1. The summed E-state index contributed by atoms with van der Waals surface area (Å²) in [4.78, 5) is 23.8. The lowest BCUT2D eigenvalue weighted by molar-refractivity contribution is -0.119. The average Bonchev–Trinajstić information content (AvgIpc) is 2.93. The van der Waals surface area contributed by atoms with Gasteiger partial charge in [-0.3, -0.25) is 4.79 Å². The van der Waals surface area contributed by atoms with Crippen molar-refractivity contribution in [1.29, 1.82) is 0 Å². The number of anilines is 1. The van der Waals surface area contributed by atoms with Crippen molar-refractivity contribution in [3.05, 3.63) is 52.1 Å². The number of esters is 1. The topological polar surface area (TPSA) is 60.3 Å². The molecule has 0 unspecified atom stereocenters. The summed E-state index contributed by atoms with van der Waals surface area (Å²) < 4.78 is 72.8. The molecule has 0 fully saturated rings. The number of hydrogen-bond acceptors (Lipinski definition) is 3. The number of amides is 1. The molecule has 0 aliphatic heterocycles. The standard InChI is InChI=1S/C17H15F5N2O3/c1-4-24-7(2)5-9(8(24)3)17(26)27-6-10(25)23-16-14(21)12(19)11(18)13(20)15(16)22/h5H,4,6H2,1-3H3,(H,23,25). The summed E-state index contributed by atoms with van der Waals surface area (Å²) in [6.07, 6.45) is 0. The van der Waals surface area contributed by atoms with Crippen LogP contribution >= 0.6 is 0 Å². The van der Waals surface area contributed by atoms with Crippen LogP contribution in [-0.4, -0.2) is 23.1 Å². The van der Waals surface area contributed by atoms with E-state index in [2.05, 4.69) is 0 Å². The number of aryl methyl sites for hydroxylation is 1. The zero-order valence-electron chi connectivity index (χ0n) is 14.6. The van der Waals surface area contributed by atoms with Gasteiger partial charge in [-0.2, -0.15) is 0 Å². The van der Waals surface area contributed by atoms with Crippen molar-refractivity contribution in [2.75, 3.05) is 11.9 Å². The number of nitrogens with zero attached hydrogens (tertiary/aromatic N) is 1. The fourth-order valence-corrected chi connectivity index (χ4v) is 2.59. The number of carbonyl (C=O) groups is 2. The third-order valence-electron chi connectivity index (χ3n) is 3.92. The predicted molar refractivity (Wildman–Crippen MR) is 84.7 cm³/mol. The first kappa shape index (κ1) is 20.4. The smallest absolute Gasteiger partial charge is 0.340 e. The molecule has 0 saturated heterocycles. The van der Waals surface area contributed by atoms with E-state index in [-0.39, 0.29) is 5.56 Å². The number of carbonyl (C=O) groups excluding carboxylic acids is 2. The molecule has 1 N–H and O–H groups in total. The van der Waals surface area contributed by atoms with Gasteiger partial charge in [-0.1, -0.05) is 0 Å². The summed E-state index contributed by atoms with van der Waals surface area (Å²) in [6.45, 7) is 4.93. The van der Waals surface area contributed by atoms with Crippen LogP contribution in [0.2, 0.25) is 0 Å². The Balaban J connectivity index is 2.11. The van der Waals surface area contributed by atoms with Gasteiger partial charge in [0, 0.05) is 17.9 Å². The van der Waals surface area contributed by atoms with Crippen LogP contribution in [-0.2, 0) is 16.1 Å². The van der Waals surface area contributed by atoms with Crippen LogP contribution in [0.4, 0.5) is 27.6 Å². The first-order valence-electron chi connectivity index (χ1n) is 7.75. The van der Waals surface area contributed by atoms with Crippen molar-refractivity contribution in [1.82, 2.24) is 4.57 Å². The molecule has 146 valence electrons. The summed E-state index contributed by atoms with van der Waals surface area (Å²) in [5.74, 6) is -13.3. The minimum atomic E-state index is -2.35. The van der Waals surface area contributed by atoms with Crippen molar-refractivity contribution in [2.24, 2.45) is 0 Å². The molecule has 27 heavy (non-hydrogen) atoms. The molecule has 0 bridgehead atoms. The van der Waals surface area contributed by atoms with E-state index in [0.29, 0.717) is 12.2 Å². The van der Waals surface area contributed by atoms with Crippen LogP contribution in [0.15, 0.2) is 6.07 Å². The molecule has 0 atom stereocenters. The highest BCUT2D eigenvalue weighted by Crippen LogP contribution is 2.27. The van der Waals surface area contributed by atoms with Gasteiger partial charge in [-0.15, -0.1) is 0 Å². The number of nitrogens with one attached hydrogen (secondary N) is 1. The summed E-state index contributed by atoms with van der Waals surface area (Å²) in [5, 5.41) is 1.52. The van der Waals surface area contributed by atoms with E-state index in [9.17, 15) is 31.5 Å². The highest BCUT2D eigenvalue weighted by Gasteiger charge is 2.27. The zero-order chi connectivity index (χ0) is 20.5. The highest BCUT2D eigenvalue weighted by atomic mass is 19.2. The average molecular weight is 390 g/mol. The molecular formula is C17H15F5N2O3. The Kier molecular flexibility index (Phi) is 5.87. The Morgan fingerprint density at radius 1 is 1.00 bits per heavy atom. The second-order valence-corrected chi connectivity index (χ2v) is 5.60. The Morgan fingerprint density at radius 3 is 2.00 bits per heavy atom. The van der Waals surface area contributed by atoms with Crippen molar-refractivity contribution in [3.63, 3.8) is 0 Å². The predicted octanol–water partition coefficient (Wildman–Crippen LogP) is 3.62. The second kappa shape index (κ2) is 7.77. The summed E-state index contributed by atoms with van der Waals surface area (Å²) in [5.41, 5.74) is 0.0583. The van der Waals surface area contributed by atoms with E-state index in [1.807, 2.05) is 11.5 Å². The second-order valence-electron chi connectivity index (χ2n) is 5.60. The Hall–Kier alpha value is -2.91. The lowest BCUT2D eigenvalue weighted by Crippen LogP contribution is -2.23. The van der Waals surface area contributed by atoms with Gasteiger partial charge in [-0.25, -0.2) is 26.7 Å². The largest absolute Gasteiger partial charge is 0.452 e. The molecule has 0 spiro atoms. The summed E-state index contributed by atoms with van der Waals surface area (Å²) >= 11 is 0. The van der Waals surface area contributed by atoms with Crippen LogP contribution in [0.5, 0.6) is 0 Å². The van der Waals surface area contributed by atoms with E-state index in [1.165, 1.54) is 5.32 Å². The SMILES string of the molecule is CCn1c(C)cc(C(=O)OCC(=O)Nc2c(F)c(F)c(F)c(F)c2F)c1C. The van der Waals surface area contributed by atoms with E-state index >= 15 is 0 Å². The van der Waals surface area contributed by atoms with Crippen molar-refractivity contribution < 1.29 is 36.3 Å². The quantitative estimate of drug-likeness (QED) is 0.367. The van der Waals surface area contributed by atoms with Crippen LogP contribution in [0.3, 0.4) is 0 Å². The Bertz CT molecular complexity index is 895. The maximum Gasteiger partial charge on any atom is 0.340 e. The van der Waals surface area contributed by atoms with Crippen molar-refractivity contribution in [3.8, 4) is 0 Å². The molecule has 5 nitrogen and oxygen atoms in total. The molecule has 2 aromatic rings. The van der Waals surface area contributed by atoms with Crippen LogP contribution < -0.4 is 5.32 Å². The molecular weight excluding hydrogens is 375 g/mol. The van der Waals surface area contributed by atoms with Gasteiger partial charge in [0.1, 0.15) is 5.69 Å². The van der Waals surface area contributed by atoms with E-state index in [0.717, 1.165) is 5.69 Å². The molecule has 0 saturated carbocycles. The van der Waals surface area contributed by atoms with Crippen LogP contribution in [0.25, 0.3) is 0 Å². The van der Waals surface area contributed by atoms with Gasteiger partial charge in [0.05, 0.1) is 5.56 Å². The Morgan fingerprint density at radius 2 is 1.52 bits per heavy atom. The normalized spacial score (nSPS) is 10.8. The summed E-state index contributed by atoms with van der Waals surface area (Å²) in [7, 11) is 0. The molecule has 1 heterocycles. The fraction of sp³-hybridized carbons (Fsp3) is 0.294. The van der Waals surface area contributed by atoms with Gasteiger partial charge in [0.15, 0.2) is 29.9 Å². The number of ether oxygens (including phenoxy) is 1. The fourth-order valence-electron chi connectivity index (χ4n) is 2.59. The van der Waals surface area contributed by atoms with E-state index in [4.69, 9.17) is 4.74 Å². The maximum atomic E-state index is 13.5. The first-order chi connectivity index (χ1) is 12.6. The number of aromatic nitrogens is 1.